The van der Waals surface area contributed by atoms with Gasteiger partial charge in [-0.25, -0.2) is 0 Å². The fraction of sp³-hybridized carbons (Fsp3) is 0.188. The van der Waals surface area contributed by atoms with E-state index in [1.165, 1.54) is 18.1 Å². The second-order valence-electron chi connectivity index (χ2n) is 8.51. The van der Waals surface area contributed by atoms with Crippen molar-refractivity contribution in [3.63, 3.8) is 0 Å². The van der Waals surface area contributed by atoms with Crippen molar-refractivity contribution >= 4 is 11.9 Å². The number of ether oxygens (including phenoxy) is 1. The summed E-state index contributed by atoms with van der Waals surface area (Å²) in [6.45, 7) is 1.42. The normalized spacial score (nSPS) is 11.0. The van der Waals surface area contributed by atoms with Crippen LogP contribution in [-0.4, -0.2) is 17.0 Å². The van der Waals surface area contributed by atoms with Gasteiger partial charge in [0.15, 0.2) is 0 Å². The van der Waals surface area contributed by atoms with Crippen molar-refractivity contribution in [2.75, 3.05) is 0 Å². The van der Waals surface area contributed by atoms with E-state index in [9.17, 15) is 14.7 Å². The van der Waals surface area contributed by atoms with E-state index in [4.69, 9.17) is 4.74 Å². The highest BCUT2D eigenvalue weighted by atomic mass is 16.5. The summed E-state index contributed by atoms with van der Waals surface area (Å²) in [5, 5.41) is 9.30. The summed E-state index contributed by atoms with van der Waals surface area (Å²) < 4.78 is 5.19. The van der Waals surface area contributed by atoms with Crippen LogP contribution in [0.2, 0.25) is 0 Å². The molecular formula is C32H32O4. The zero-order chi connectivity index (χ0) is 25.6. The summed E-state index contributed by atoms with van der Waals surface area (Å²) in [7, 11) is 0. The summed E-state index contributed by atoms with van der Waals surface area (Å²) in [5.41, 5.74) is 4.41. The number of carboxylic acid groups (broad SMARTS) is 1. The quantitative estimate of drug-likeness (QED) is 0.209. The standard InChI is InChI=1S/2C16H16O2/c1-13(17)18-16-10-6-5-9-15(16)12-11-14-7-3-2-4-8-14;17-16(18)15(14-9-5-2-6-10-14)12-11-13-7-3-1-4-8-13/h2-10H,11-12H2,1H3;1-10,15H,11-12H2,(H,17,18). The second kappa shape index (κ2) is 14.3. The smallest absolute Gasteiger partial charge is 0.310 e. The third-order valence-electron chi connectivity index (χ3n) is 5.82. The van der Waals surface area contributed by atoms with Crippen LogP contribution in [0.3, 0.4) is 0 Å². The maximum Gasteiger partial charge on any atom is 0.310 e. The maximum absolute atomic E-state index is 11.3. The molecule has 1 N–H and O–H groups in total. The van der Waals surface area contributed by atoms with Gasteiger partial charge in [0.05, 0.1) is 5.92 Å². The zero-order valence-electron chi connectivity index (χ0n) is 20.5. The van der Waals surface area contributed by atoms with Gasteiger partial charge in [-0.1, -0.05) is 109 Å². The van der Waals surface area contributed by atoms with E-state index in [-0.39, 0.29) is 5.97 Å². The number of hydrogen-bond donors (Lipinski definition) is 1. The fourth-order valence-corrected chi connectivity index (χ4v) is 3.96. The Morgan fingerprint density at radius 2 is 1.17 bits per heavy atom. The Bertz CT molecular complexity index is 1200. The summed E-state index contributed by atoms with van der Waals surface area (Å²) >= 11 is 0. The van der Waals surface area contributed by atoms with E-state index in [2.05, 4.69) is 12.1 Å². The summed E-state index contributed by atoms with van der Waals surface area (Å²) in [4.78, 5) is 22.3. The number of carbonyl (C=O) groups excluding carboxylic acids is 1. The minimum atomic E-state index is -0.753. The van der Waals surface area contributed by atoms with Crippen molar-refractivity contribution in [2.45, 2.75) is 38.5 Å². The Morgan fingerprint density at radius 3 is 1.72 bits per heavy atom. The van der Waals surface area contributed by atoms with Crippen molar-refractivity contribution in [3.8, 4) is 5.75 Å². The minimum absolute atomic E-state index is 0.276. The molecule has 0 aliphatic rings. The largest absolute Gasteiger partial charge is 0.481 e. The zero-order valence-corrected chi connectivity index (χ0v) is 20.5. The Kier molecular flexibility index (Phi) is 10.5. The lowest BCUT2D eigenvalue weighted by molar-refractivity contribution is -0.139. The predicted molar refractivity (Wildman–Crippen MR) is 143 cm³/mol. The van der Waals surface area contributed by atoms with Crippen LogP contribution in [0.5, 0.6) is 5.75 Å². The van der Waals surface area contributed by atoms with Crippen LogP contribution < -0.4 is 4.74 Å². The number of rotatable bonds is 9. The lowest BCUT2D eigenvalue weighted by atomic mass is 9.92. The van der Waals surface area contributed by atoms with Crippen molar-refractivity contribution in [3.05, 3.63) is 138 Å². The molecule has 0 heterocycles. The molecule has 4 aromatic rings. The predicted octanol–water partition coefficient (Wildman–Crippen LogP) is 6.88. The molecular weight excluding hydrogens is 448 g/mol. The summed E-state index contributed by atoms with van der Waals surface area (Å²) in [6.07, 6.45) is 3.22. The first kappa shape index (κ1) is 26.4. The van der Waals surface area contributed by atoms with E-state index in [0.717, 1.165) is 30.4 Å². The first-order chi connectivity index (χ1) is 17.5. The van der Waals surface area contributed by atoms with Gasteiger partial charge in [0, 0.05) is 6.92 Å². The Hall–Kier alpha value is -4.18. The van der Waals surface area contributed by atoms with Gasteiger partial charge in [0.2, 0.25) is 0 Å². The molecule has 0 fully saturated rings. The van der Waals surface area contributed by atoms with Gasteiger partial charge in [-0.3, -0.25) is 9.59 Å². The lowest BCUT2D eigenvalue weighted by Crippen LogP contribution is -2.12. The van der Waals surface area contributed by atoms with E-state index in [0.29, 0.717) is 12.2 Å². The number of carbonyl (C=O) groups is 2. The minimum Gasteiger partial charge on any atom is -0.481 e. The molecule has 0 amide bonds. The molecule has 0 saturated heterocycles. The number of aryl methyl sites for hydroxylation is 3. The van der Waals surface area contributed by atoms with Crippen molar-refractivity contribution in [1.82, 2.24) is 0 Å². The molecule has 0 aliphatic carbocycles. The third-order valence-corrected chi connectivity index (χ3v) is 5.82. The van der Waals surface area contributed by atoms with Gasteiger partial charge in [-0.15, -0.1) is 0 Å². The van der Waals surface area contributed by atoms with Gasteiger partial charge < -0.3 is 9.84 Å². The molecule has 1 atom stereocenters. The second-order valence-corrected chi connectivity index (χ2v) is 8.51. The molecule has 0 spiro atoms. The first-order valence-electron chi connectivity index (χ1n) is 12.1. The van der Waals surface area contributed by atoms with Crippen molar-refractivity contribution in [1.29, 1.82) is 0 Å². The SMILES string of the molecule is CC(=O)Oc1ccccc1CCc1ccccc1.O=C(O)C(CCc1ccccc1)c1ccccc1. The molecule has 0 saturated carbocycles. The van der Waals surface area contributed by atoms with E-state index in [1.807, 2.05) is 103 Å². The number of benzene rings is 4. The average molecular weight is 481 g/mol. The highest BCUT2D eigenvalue weighted by Gasteiger charge is 2.19. The number of carboxylic acids is 1. The maximum atomic E-state index is 11.3. The molecule has 4 heteroatoms. The number of esters is 1. The third kappa shape index (κ3) is 8.88. The van der Waals surface area contributed by atoms with Crippen LogP contribution in [0.1, 0.15) is 41.5 Å². The topological polar surface area (TPSA) is 63.6 Å². The van der Waals surface area contributed by atoms with Crippen LogP contribution in [0.15, 0.2) is 115 Å². The van der Waals surface area contributed by atoms with Gasteiger partial charge >= 0.3 is 11.9 Å². The van der Waals surface area contributed by atoms with E-state index >= 15 is 0 Å². The molecule has 0 aliphatic heterocycles. The molecule has 4 nitrogen and oxygen atoms in total. The van der Waals surface area contributed by atoms with Gasteiger partial charge in [0.1, 0.15) is 5.75 Å². The van der Waals surface area contributed by atoms with Crippen LogP contribution >= 0.6 is 0 Å². The molecule has 4 rings (SSSR count). The fourth-order valence-electron chi connectivity index (χ4n) is 3.96. The first-order valence-corrected chi connectivity index (χ1v) is 12.1. The molecule has 1 unspecified atom stereocenters. The van der Waals surface area contributed by atoms with Crippen molar-refractivity contribution < 1.29 is 19.4 Å². The highest BCUT2D eigenvalue weighted by Crippen LogP contribution is 2.22. The Labute approximate surface area is 213 Å². The lowest BCUT2D eigenvalue weighted by Gasteiger charge is -2.12. The molecule has 184 valence electrons. The van der Waals surface area contributed by atoms with Crippen LogP contribution in [-0.2, 0) is 28.9 Å². The van der Waals surface area contributed by atoms with Crippen LogP contribution in [0.25, 0.3) is 0 Å². The molecule has 0 bridgehead atoms. The van der Waals surface area contributed by atoms with Gasteiger partial charge in [-0.05, 0) is 54.0 Å². The van der Waals surface area contributed by atoms with Crippen LogP contribution in [0.4, 0.5) is 0 Å². The molecule has 36 heavy (non-hydrogen) atoms. The summed E-state index contributed by atoms with van der Waals surface area (Å²) in [5.74, 6) is -0.786. The molecule has 0 aromatic heterocycles. The summed E-state index contributed by atoms with van der Waals surface area (Å²) in [6, 6.07) is 37.4. The number of aliphatic carboxylic acids is 1. The van der Waals surface area contributed by atoms with Gasteiger partial charge in [-0.2, -0.15) is 0 Å². The number of para-hydroxylation sites is 1. The van der Waals surface area contributed by atoms with Crippen molar-refractivity contribution in [2.24, 2.45) is 0 Å². The highest BCUT2D eigenvalue weighted by molar-refractivity contribution is 5.76. The van der Waals surface area contributed by atoms with E-state index < -0.39 is 11.9 Å². The Balaban J connectivity index is 0.000000201. The van der Waals surface area contributed by atoms with Crippen LogP contribution in [0, 0.1) is 0 Å². The molecule has 0 radical (unpaired) electrons. The number of hydrogen-bond acceptors (Lipinski definition) is 3. The monoisotopic (exact) mass is 480 g/mol. The molecule has 4 aromatic carbocycles. The Morgan fingerprint density at radius 1 is 0.667 bits per heavy atom. The van der Waals surface area contributed by atoms with E-state index in [1.54, 1.807) is 0 Å². The van der Waals surface area contributed by atoms with Gasteiger partial charge in [0.25, 0.3) is 0 Å². The average Bonchev–Trinajstić information content (AvgIpc) is 2.90.